The molecular weight excluding hydrogens is 194 g/mol. The molecule has 0 bridgehead atoms. The Morgan fingerprint density at radius 2 is 2.40 bits per heavy atom. The minimum Gasteiger partial charge on any atom is -0.480 e. The zero-order chi connectivity index (χ0) is 11.4. The molecule has 0 saturated carbocycles. The molecule has 0 fully saturated rings. The van der Waals surface area contributed by atoms with Crippen LogP contribution in [0.1, 0.15) is 19.7 Å². The fraction of sp³-hybridized carbons (Fsp3) is 0.600. The summed E-state index contributed by atoms with van der Waals surface area (Å²) in [6, 6.07) is -0.494. The number of aliphatic carboxylic acids is 1. The van der Waals surface area contributed by atoms with Crippen LogP contribution in [0.2, 0.25) is 0 Å². The quantitative estimate of drug-likeness (QED) is 0.783. The van der Waals surface area contributed by atoms with Crippen LogP contribution in [-0.4, -0.2) is 38.6 Å². The first-order valence-corrected chi connectivity index (χ1v) is 4.99. The molecule has 1 rings (SSSR count). The fourth-order valence-corrected chi connectivity index (χ4v) is 1.33. The summed E-state index contributed by atoms with van der Waals surface area (Å²) in [5, 5.41) is 8.84. The van der Waals surface area contributed by atoms with Crippen LogP contribution < -0.4 is 0 Å². The molecule has 0 aliphatic carbocycles. The van der Waals surface area contributed by atoms with Crippen molar-refractivity contribution in [3.63, 3.8) is 0 Å². The Morgan fingerprint density at radius 3 is 2.93 bits per heavy atom. The van der Waals surface area contributed by atoms with Gasteiger partial charge >= 0.3 is 5.97 Å². The van der Waals surface area contributed by atoms with Crippen LogP contribution in [0, 0.1) is 0 Å². The molecule has 0 aliphatic rings. The van der Waals surface area contributed by atoms with Gasteiger partial charge in [0.1, 0.15) is 11.9 Å². The lowest BCUT2D eigenvalue weighted by molar-refractivity contribution is -0.142. The summed E-state index contributed by atoms with van der Waals surface area (Å²) in [7, 11) is 1.79. The Balaban J connectivity index is 2.65. The van der Waals surface area contributed by atoms with Crippen LogP contribution >= 0.6 is 0 Å². The van der Waals surface area contributed by atoms with E-state index in [1.807, 2.05) is 17.7 Å². The Labute approximate surface area is 89.3 Å². The minimum atomic E-state index is -0.813. The largest absolute Gasteiger partial charge is 0.480 e. The topological polar surface area (TPSA) is 58.4 Å². The van der Waals surface area contributed by atoms with Gasteiger partial charge in [-0.25, -0.2) is 4.98 Å². The second-order valence-corrected chi connectivity index (χ2v) is 3.56. The smallest absolute Gasteiger partial charge is 0.320 e. The van der Waals surface area contributed by atoms with E-state index in [9.17, 15) is 4.79 Å². The number of aromatic nitrogens is 2. The van der Waals surface area contributed by atoms with Crippen molar-refractivity contribution in [1.82, 2.24) is 14.5 Å². The second kappa shape index (κ2) is 4.93. The SMILES string of the molecule is CCn1ccnc1CN(C)C(C)C(=O)O. The van der Waals surface area contributed by atoms with Crippen molar-refractivity contribution < 1.29 is 9.90 Å². The van der Waals surface area contributed by atoms with Gasteiger partial charge in [-0.15, -0.1) is 0 Å². The maximum absolute atomic E-state index is 10.8. The number of hydrogen-bond donors (Lipinski definition) is 1. The van der Waals surface area contributed by atoms with E-state index in [0.29, 0.717) is 6.54 Å². The van der Waals surface area contributed by atoms with Gasteiger partial charge in [0, 0.05) is 18.9 Å². The first kappa shape index (κ1) is 11.7. The molecule has 1 N–H and O–H groups in total. The van der Waals surface area contributed by atoms with Gasteiger partial charge in [-0.3, -0.25) is 9.69 Å². The highest BCUT2D eigenvalue weighted by Gasteiger charge is 2.18. The van der Waals surface area contributed by atoms with Crippen LogP contribution in [0.25, 0.3) is 0 Å². The predicted molar refractivity (Wildman–Crippen MR) is 56.5 cm³/mol. The van der Waals surface area contributed by atoms with E-state index in [-0.39, 0.29) is 0 Å². The van der Waals surface area contributed by atoms with Crippen molar-refractivity contribution in [1.29, 1.82) is 0 Å². The number of carboxylic acids is 1. The third-order valence-corrected chi connectivity index (χ3v) is 2.55. The first-order chi connectivity index (χ1) is 7.06. The van der Waals surface area contributed by atoms with E-state index < -0.39 is 12.0 Å². The number of carbonyl (C=O) groups is 1. The zero-order valence-electron chi connectivity index (χ0n) is 9.34. The highest BCUT2D eigenvalue weighted by Crippen LogP contribution is 2.04. The Bertz CT molecular complexity index is 335. The number of nitrogens with zero attached hydrogens (tertiary/aromatic N) is 3. The van der Waals surface area contributed by atoms with E-state index in [0.717, 1.165) is 12.4 Å². The summed E-state index contributed by atoms with van der Waals surface area (Å²) in [4.78, 5) is 16.7. The molecule has 0 radical (unpaired) electrons. The van der Waals surface area contributed by atoms with Crippen molar-refractivity contribution in [2.75, 3.05) is 7.05 Å². The van der Waals surface area contributed by atoms with Crippen molar-refractivity contribution in [2.24, 2.45) is 0 Å². The maximum atomic E-state index is 10.8. The normalized spacial score (nSPS) is 13.1. The van der Waals surface area contributed by atoms with Gasteiger partial charge in [-0.1, -0.05) is 0 Å². The molecular formula is C10H17N3O2. The first-order valence-electron chi connectivity index (χ1n) is 4.99. The second-order valence-electron chi connectivity index (χ2n) is 3.56. The monoisotopic (exact) mass is 211 g/mol. The summed E-state index contributed by atoms with van der Waals surface area (Å²) >= 11 is 0. The molecule has 5 nitrogen and oxygen atoms in total. The Morgan fingerprint density at radius 1 is 1.73 bits per heavy atom. The van der Waals surface area contributed by atoms with Crippen LogP contribution in [0.3, 0.4) is 0 Å². The van der Waals surface area contributed by atoms with Crippen molar-refractivity contribution in [3.8, 4) is 0 Å². The van der Waals surface area contributed by atoms with Gasteiger partial charge in [0.25, 0.3) is 0 Å². The van der Waals surface area contributed by atoms with Gasteiger partial charge in [0.05, 0.1) is 6.54 Å². The molecule has 0 spiro atoms. The lowest BCUT2D eigenvalue weighted by Crippen LogP contribution is -2.36. The Kier molecular flexibility index (Phi) is 3.85. The third-order valence-electron chi connectivity index (χ3n) is 2.55. The number of imidazole rings is 1. The predicted octanol–water partition coefficient (Wildman–Crippen LogP) is 0.808. The van der Waals surface area contributed by atoms with Crippen LogP contribution in [-0.2, 0) is 17.9 Å². The fourth-order valence-electron chi connectivity index (χ4n) is 1.33. The number of likely N-dealkylation sites (N-methyl/N-ethyl adjacent to an activating group) is 1. The van der Waals surface area contributed by atoms with Crippen LogP contribution in [0.4, 0.5) is 0 Å². The van der Waals surface area contributed by atoms with E-state index in [1.165, 1.54) is 0 Å². The van der Waals surface area contributed by atoms with Crippen molar-refractivity contribution >= 4 is 5.97 Å². The zero-order valence-corrected chi connectivity index (χ0v) is 9.34. The molecule has 1 aromatic heterocycles. The van der Waals surface area contributed by atoms with E-state index in [1.54, 1.807) is 25.1 Å². The molecule has 0 aliphatic heterocycles. The van der Waals surface area contributed by atoms with Crippen LogP contribution in [0.5, 0.6) is 0 Å². The summed E-state index contributed by atoms with van der Waals surface area (Å²) < 4.78 is 2.01. The molecule has 1 heterocycles. The van der Waals surface area contributed by atoms with Gasteiger partial charge in [-0.2, -0.15) is 0 Å². The standard InChI is InChI=1S/C10H17N3O2/c1-4-13-6-5-11-9(13)7-12(3)8(2)10(14)15/h5-6,8H,4,7H2,1-3H3,(H,14,15). The average Bonchev–Trinajstić information content (AvgIpc) is 2.63. The summed E-state index contributed by atoms with van der Waals surface area (Å²) in [6.07, 6.45) is 3.63. The molecule has 84 valence electrons. The molecule has 0 saturated heterocycles. The maximum Gasteiger partial charge on any atom is 0.320 e. The summed E-state index contributed by atoms with van der Waals surface area (Å²) in [5.74, 6) is 0.0835. The number of carboxylic acid groups (broad SMARTS) is 1. The molecule has 5 heteroatoms. The van der Waals surface area contributed by atoms with Gasteiger partial charge in [0.2, 0.25) is 0 Å². The van der Waals surface area contributed by atoms with Gasteiger partial charge in [0.15, 0.2) is 0 Å². The lowest BCUT2D eigenvalue weighted by Gasteiger charge is -2.20. The van der Waals surface area contributed by atoms with Crippen molar-refractivity contribution in [2.45, 2.75) is 33.0 Å². The molecule has 1 atom stereocenters. The van der Waals surface area contributed by atoms with E-state index >= 15 is 0 Å². The Hall–Kier alpha value is -1.36. The molecule has 0 amide bonds. The molecule has 15 heavy (non-hydrogen) atoms. The number of aryl methyl sites for hydroxylation is 1. The van der Waals surface area contributed by atoms with Crippen molar-refractivity contribution in [3.05, 3.63) is 18.2 Å². The van der Waals surface area contributed by atoms with E-state index in [4.69, 9.17) is 5.11 Å². The molecule has 1 aromatic rings. The molecule has 0 aromatic carbocycles. The van der Waals surface area contributed by atoms with Gasteiger partial charge < -0.3 is 9.67 Å². The minimum absolute atomic E-state index is 0.494. The highest BCUT2D eigenvalue weighted by atomic mass is 16.4. The van der Waals surface area contributed by atoms with Gasteiger partial charge in [-0.05, 0) is 20.9 Å². The summed E-state index contributed by atoms with van der Waals surface area (Å²) in [5.41, 5.74) is 0. The number of hydrogen-bond acceptors (Lipinski definition) is 3. The van der Waals surface area contributed by atoms with E-state index in [2.05, 4.69) is 4.98 Å². The lowest BCUT2D eigenvalue weighted by atomic mass is 10.3. The number of rotatable bonds is 5. The third kappa shape index (κ3) is 2.79. The summed E-state index contributed by atoms with van der Waals surface area (Å²) in [6.45, 7) is 5.10. The highest BCUT2D eigenvalue weighted by molar-refractivity contribution is 5.72. The molecule has 1 unspecified atom stereocenters. The van der Waals surface area contributed by atoms with Crippen LogP contribution in [0.15, 0.2) is 12.4 Å². The average molecular weight is 211 g/mol.